The van der Waals surface area contributed by atoms with E-state index in [-0.39, 0.29) is 11.8 Å². The Morgan fingerprint density at radius 2 is 1.88 bits per heavy atom. The van der Waals surface area contributed by atoms with Gasteiger partial charge in [-0.2, -0.15) is 13.2 Å². The van der Waals surface area contributed by atoms with E-state index in [0.717, 1.165) is 12.1 Å². The largest absolute Gasteiger partial charge is 0.460 e. The molecular weight excluding hydrogens is 345 g/mol. The van der Waals surface area contributed by atoms with Crippen LogP contribution in [0.1, 0.15) is 11.3 Å². The van der Waals surface area contributed by atoms with E-state index in [0.29, 0.717) is 49.5 Å². The van der Waals surface area contributed by atoms with Crippen molar-refractivity contribution in [3.05, 3.63) is 35.6 Å². The minimum absolute atomic E-state index is 0.0227. The average Bonchev–Trinajstić information content (AvgIpc) is 2.95. The number of nitrogens with zero attached hydrogens (tertiary/aromatic N) is 2. The Morgan fingerprint density at radius 3 is 2.50 bits per heavy atom. The summed E-state index contributed by atoms with van der Waals surface area (Å²) in [6.45, 7) is 3.02. The van der Waals surface area contributed by atoms with Crippen LogP contribution in [0.3, 0.4) is 0 Å². The molecule has 2 heterocycles. The second-order valence-electron chi connectivity index (χ2n) is 5.75. The summed E-state index contributed by atoms with van der Waals surface area (Å²) in [6, 6.07) is 5.10. The third-order valence-electron chi connectivity index (χ3n) is 4.11. The molecule has 0 spiro atoms. The summed E-state index contributed by atoms with van der Waals surface area (Å²) in [5.74, 6) is 0.506. The van der Waals surface area contributed by atoms with Crippen LogP contribution in [0.5, 0.6) is 0 Å². The molecule has 1 aliphatic rings. The van der Waals surface area contributed by atoms with Crippen LogP contribution in [-0.2, 0) is 17.5 Å². The zero-order valence-corrected chi connectivity index (χ0v) is 13.5. The van der Waals surface area contributed by atoms with Crippen LogP contribution >= 0.6 is 11.6 Å². The molecule has 130 valence electrons. The molecule has 0 N–H and O–H groups in total. The third kappa shape index (κ3) is 3.67. The molecule has 0 aliphatic carbocycles. The number of furan rings is 1. The fraction of sp³-hybridized carbons (Fsp3) is 0.438. The summed E-state index contributed by atoms with van der Waals surface area (Å²) in [5, 5.41) is 0.441. The van der Waals surface area contributed by atoms with Gasteiger partial charge >= 0.3 is 6.18 Å². The SMILES string of the molecule is O=C(CCl)N1CCN(Cc2cc3cc(C(F)(F)F)ccc3o2)CC1. The molecule has 24 heavy (non-hydrogen) atoms. The van der Waals surface area contributed by atoms with Crippen LogP contribution < -0.4 is 0 Å². The van der Waals surface area contributed by atoms with Gasteiger partial charge in [-0.25, -0.2) is 0 Å². The quantitative estimate of drug-likeness (QED) is 0.788. The molecule has 1 amide bonds. The molecule has 1 aromatic carbocycles. The predicted octanol–water partition coefficient (Wildman–Crippen LogP) is 3.33. The smallest absolute Gasteiger partial charge is 0.416 e. The summed E-state index contributed by atoms with van der Waals surface area (Å²) in [4.78, 5) is 15.3. The Labute approximate surface area is 141 Å². The number of carbonyl (C=O) groups excluding carboxylic acids is 1. The molecule has 0 saturated carbocycles. The summed E-state index contributed by atoms with van der Waals surface area (Å²) in [5.41, 5.74) is -0.246. The predicted molar refractivity (Wildman–Crippen MR) is 83.8 cm³/mol. The van der Waals surface area contributed by atoms with Crippen LogP contribution in [0, 0.1) is 0 Å². The third-order valence-corrected chi connectivity index (χ3v) is 4.34. The van der Waals surface area contributed by atoms with Crippen molar-refractivity contribution >= 4 is 28.5 Å². The Balaban J connectivity index is 1.67. The highest BCUT2D eigenvalue weighted by atomic mass is 35.5. The Kier molecular flexibility index (Phi) is 4.73. The molecule has 0 atom stereocenters. The van der Waals surface area contributed by atoms with Gasteiger partial charge in [0.1, 0.15) is 17.2 Å². The Bertz CT molecular complexity index is 736. The van der Waals surface area contributed by atoms with Gasteiger partial charge in [0.05, 0.1) is 12.1 Å². The summed E-state index contributed by atoms with van der Waals surface area (Å²) in [6.07, 6.45) is -4.36. The average molecular weight is 361 g/mol. The van der Waals surface area contributed by atoms with E-state index in [9.17, 15) is 18.0 Å². The van der Waals surface area contributed by atoms with Gasteiger partial charge in [-0.15, -0.1) is 11.6 Å². The Hall–Kier alpha value is -1.73. The molecule has 0 radical (unpaired) electrons. The molecule has 2 aromatic rings. The van der Waals surface area contributed by atoms with Gasteiger partial charge in [0.2, 0.25) is 5.91 Å². The second kappa shape index (κ2) is 6.64. The highest BCUT2D eigenvalue weighted by Gasteiger charge is 2.30. The van der Waals surface area contributed by atoms with Crippen LogP contribution in [0.4, 0.5) is 13.2 Å². The first-order valence-electron chi connectivity index (χ1n) is 7.52. The maximum absolute atomic E-state index is 12.7. The molecule has 4 nitrogen and oxygen atoms in total. The number of hydrogen-bond acceptors (Lipinski definition) is 3. The van der Waals surface area contributed by atoms with Crippen molar-refractivity contribution in [2.24, 2.45) is 0 Å². The molecule has 3 rings (SSSR count). The number of benzene rings is 1. The molecule has 0 bridgehead atoms. The molecular formula is C16H16ClF3N2O2. The number of rotatable bonds is 3. The van der Waals surface area contributed by atoms with E-state index in [1.54, 1.807) is 11.0 Å². The highest BCUT2D eigenvalue weighted by molar-refractivity contribution is 6.27. The van der Waals surface area contributed by atoms with Gasteiger partial charge in [-0.1, -0.05) is 0 Å². The molecule has 1 fully saturated rings. The van der Waals surface area contributed by atoms with Gasteiger partial charge in [0, 0.05) is 31.6 Å². The van der Waals surface area contributed by atoms with Crippen molar-refractivity contribution < 1.29 is 22.4 Å². The normalized spacial score (nSPS) is 16.8. The van der Waals surface area contributed by atoms with Crippen molar-refractivity contribution in [2.75, 3.05) is 32.1 Å². The van der Waals surface area contributed by atoms with E-state index < -0.39 is 11.7 Å². The molecule has 1 saturated heterocycles. The molecule has 1 aromatic heterocycles. The summed E-state index contributed by atoms with van der Waals surface area (Å²) >= 11 is 5.54. The molecule has 8 heteroatoms. The molecule has 0 unspecified atom stereocenters. The first-order chi connectivity index (χ1) is 11.4. The van der Waals surface area contributed by atoms with E-state index >= 15 is 0 Å². The first-order valence-corrected chi connectivity index (χ1v) is 8.06. The zero-order valence-electron chi connectivity index (χ0n) is 12.8. The number of piperazine rings is 1. The lowest BCUT2D eigenvalue weighted by Gasteiger charge is -2.33. The lowest BCUT2D eigenvalue weighted by molar-refractivity contribution is -0.137. The maximum atomic E-state index is 12.7. The van der Waals surface area contributed by atoms with Crippen LogP contribution in [0.2, 0.25) is 0 Å². The maximum Gasteiger partial charge on any atom is 0.416 e. The lowest BCUT2D eigenvalue weighted by atomic mass is 10.1. The van der Waals surface area contributed by atoms with Crippen molar-refractivity contribution in [3.63, 3.8) is 0 Å². The van der Waals surface area contributed by atoms with Gasteiger partial charge < -0.3 is 9.32 Å². The van der Waals surface area contributed by atoms with Crippen molar-refractivity contribution in [1.82, 2.24) is 9.80 Å². The van der Waals surface area contributed by atoms with E-state index in [2.05, 4.69) is 4.90 Å². The van der Waals surface area contributed by atoms with E-state index in [1.807, 2.05) is 0 Å². The van der Waals surface area contributed by atoms with Crippen LogP contribution in [0.25, 0.3) is 11.0 Å². The minimum atomic E-state index is -4.36. The monoisotopic (exact) mass is 360 g/mol. The van der Waals surface area contributed by atoms with E-state index in [1.165, 1.54) is 6.07 Å². The topological polar surface area (TPSA) is 36.7 Å². The van der Waals surface area contributed by atoms with E-state index in [4.69, 9.17) is 16.0 Å². The van der Waals surface area contributed by atoms with Gasteiger partial charge in [-0.3, -0.25) is 9.69 Å². The second-order valence-corrected chi connectivity index (χ2v) is 6.02. The summed E-state index contributed by atoms with van der Waals surface area (Å²) < 4.78 is 43.9. The summed E-state index contributed by atoms with van der Waals surface area (Å²) in [7, 11) is 0. The zero-order chi connectivity index (χ0) is 17.3. The number of carbonyl (C=O) groups is 1. The fourth-order valence-corrected chi connectivity index (χ4v) is 2.98. The molecule has 1 aliphatic heterocycles. The van der Waals surface area contributed by atoms with Crippen molar-refractivity contribution in [3.8, 4) is 0 Å². The van der Waals surface area contributed by atoms with Gasteiger partial charge in [0.15, 0.2) is 0 Å². The number of amides is 1. The van der Waals surface area contributed by atoms with Crippen LogP contribution in [0.15, 0.2) is 28.7 Å². The Morgan fingerprint density at radius 1 is 1.17 bits per heavy atom. The fourth-order valence-electron chi connectivity index (χ4n) is 2.81. The standard InChI is InChI=1S/C16H16ClF3N2O2/c17-9-15(23)22-5-3-21(4-6-22)10-13-8-11-7-12(16(18,19)20)1-2-14(11)24-13/h1-2,7-8H,3-6,9-10H2. The van der Waals surface area contributed by atoms with Gasteiger partial charge in [-0.05, 0) is 24.3 Å². The van der Waals surface area contributed by atoms with Crippen molar-refractivity contribution in [1.29, 1.82) is 0 Å². The number of fused-ring (bicyclic) bond motifs is 1. The minimum Gasteiger partial charge on any atom is -0.460 e. The lowest BCUT2D eigenvalue weighted by Crippen LogP contribution is -2.48. The first kappa shape index (κ1) is 17.1. The number of halogens is 4. The number of alkyl halides is 4. The van der Waals surface area contributed by atoms with Gasteiger partial charge in [0.25, 0.3) is 0 Å². The highest BCUT2D eigenvalue weighted by Crippen LogP contribution is 2.32. The number of hydrogen-bond donors (Lipinski definition) is 0. The van der Waals surface area contributed by atoms with Crippen LogP contribution in [-0.4, -0.2) is 47.8 Å². The van der Waals surface area contributed by atoms with Crippen molar-refractivity contribution in [2.45, 2.75) is 12.7 Å².